The quantitative estimate of drug-likeness (QED) is 0.346. The number of carbonyl (C=O) groups is 1. The van der Waals surface area contributed by atoms with Crippen molar-refractivity contribution in [3.8, 4) is 6.07 Å². The van der Waals surface area contributed by atoms with Crippen molar-refractivity contribution in [3.63, 3.8) is 0 Å². The molecule has 0 radical (unpaired) electrons. The minimum atomic E-state index is -0.562. The summed E-state index contributed by atoms with van der Waals surface area (Å²) in [7, 11) is 0. The first-order chi connectivity index (χ1) is 15.9. The minimum Gasteiger partial charge on any atom is -0.348 e. The van der Waals surface area contributed by atoms with Crippen molar-refractivity contribution in [2.45, 2.75) is 58.4 Å². The van der Waals surface area contributed by atoms with E-state index in [1.54, 1.807) is 18.3 Å². The second kappa shape index (κ2) is 14.3. The summed E-state index contributed by atoms with van der Waals surface area (Å²) in [6.07, 6.45) is 1.66. The molecule has 1 heterocycles. The van der Waals surface area contributed by atoms with Crippen LogP contribution in [-0.4, -0.2) is 10.9 Å². The van der Waals surface area contributed by atoms with Crippen LogP contribution in [0.15, 0.2) is 58.9 Å². The van der Waals surface area contributed by atoms with Crippen LogP contribution >= 0.6 is 23.3 Å². The molecule has 0 fully saturated rings. The lowest BCUT2D eigenvalue weighted by atomic mass is 9.86. The molecular formula is C25H31FN4OS2. The van der Waals surface area contributed by atoms with Gasteiger partial charge < -0.3 is 10.0 Å². The number of anilines is 1. The molecule has 0 aliphatic rings. The number of amides is 1. The molecule has 5 nitrogen and oxygen atoms in total. The van der Waals surface area contributed by atoms with Gasteiger partial charge in [-0.15, -0.1) is 11.3 Å². The minimum absolute atomic E-state index is 0.253. The third-order valence-electron chi connectivity index (χ3n) is 4.28. The summed E-state index contributed by atoms with van der Waals surface area (Å²) in [5.41, 5.74) is 1.50. The molecule has 1 amide bonds. The number of nitrogens with zero attached hydrogens (tertiary/aromatic N) is 2. The van der Waals surface area contributed by atoms with E-state index in [-0.39, 0.29) is 11.5 Å². The Morgan fingerprint density at radius 1 is 1.15 bits per heavy atom. The number of carbonyl (C=O) groups excluding carboxylic acids is 1. The lowest BCUT2D eigenvalue weighted by Gasteiger charge is -2.16. The molecule has 0 atom stereocenters. The molecule has 33 heavy (non-hydrogen) atoms. The van der Waals surface area contributed by atoms with Crippen LogP contribution in [-0.2, 0) is 12.0 Å². The average Bonchev–Trinajstić information content (AvgIpc) is 3.38. The molecule has 2 N–H and O–H groups in total. The van der Waals surface area contributed by atoms with Gasteiger partial charge in [-0.1, -0.05) is 52.0 Å². The highest BCUT2D eigenvalue weighted by Crippen LogP contribution is 2.26. The molecule has 1 aromatic heterocycles. The van der Waals surface area contributed by atoms with Gasteiger partial charge in [-0.25, -0.2) is 9.37 Å². The Morgan fingerprint density at radius 3 is 2.36 bits per heavy atom. The zero-order valence-electron chi connectivity index (χ0n) is 19.9. The SMILES string of the molecule is CC.CC.CC(C)(C#N)c1ccc(CNC(=O)c2ccc(SNc3nccs3)c(F)c2)cc1. The largest absolute Gasteiger partial charge is 0.348 e. The van der Waals surface area contributed by atoms with Gasteiger partial charge in [0, 0.05) is 23.7 Å². The van der Waals surface area contributed by atoms with E-state index in [2.05, 4.69) is 21.1 Å². The first-order valence-corrected chi connectivity index (χ1v) is 12.5. The Labute approximate surface area is 204 Å². The molecule has 0 saturated carbocycles. The molecule has 8 heteroatoms. The van der Waals surface area contributed by atoms with E-state index in [1.165, 1.54) is 17.4 Å². The fourth-order valence-electron chi connectivity index (χ4n) is 2.49. The van der Waals surface area contributed by atoms with Crippen LogP contribution in [0.25, 0.3) is 0 Å². The topological polar surface area (TPSA) is 77.8 Å². The van der Waals surface area contributed by atoms with Gasteiger partial charge in [0.15, 0.2) is 5.13 Å². The molecule has 176 valence electrons. The third-order valence-corrected chi connectivity index (χ3v) is 5.95. The van der Waals surface area contributed by atoms with Crippen LogP contribution in [0.4, 0.5) is 9.52 Å². The molecule has 2 aromatic carbocycles. The van der Waals surface area contributed by atoms with Crippen molar-refractivity contribution >= 4 is 34.3 Å². The highest BCUT2D eigenvalue weighted by Gasteiger charge is 2.19. The molecule has 3 rings (SSSR count). The number of aromatic nitrogens is 1. The molecule has 0 unspecified atom stereocenters. The number of benzene rings is 2. The first-order valence-electron chi connectivity index (χ1n) is 10.8. The highest BCUT2D eigenvalue weighted by atomic mass is 32.2. The smallest absolute Gasteiger partial charge is 0.251 e. The Kier molecular flexibility index (Phi) is 12.2. The summed E-state index contributed by atoms with van der Waals surface area (Å²) in [4.78, 5) is 16.8. The normalized spacial score (nSPS) is 10.0. The predicted molar refractivity (Wildman–Crippen MR) is 137 cm³/mol. The van der Waals surface area contributed by atoms with Gasteiger partial charge in [-0.3, -0.25) is 4.79 Å². The average molecular weight is 487 g/mol. The van der Waals surface area contributed by atoms with Gasteiger partial charge in [0.25, 0.3) is 5.91 Å². The van der Waals surface area contributed by atoms with Gasteiger partial charge >= 0.3 is 0 Å². The van der Waals surface area contributed by atoms with E-state index in [1.807, 2.05) is 71.2 Å². The zero-order valence-corrected chi connectivity index (χ0v) is 21.5. The second-order valence-electron chi connectivity index (χ2n) is 6.80. The number of hydrogen-bond acceptors (Lipinski definition) is 6. The molecule has 0 spiro atoms. The van der Waals surface area contributed by atoms with Crippen LogP contribution in [0.5, 0.6) is 0 Å². The van der Waals surface area contributed by atoms with Crippen molar-refractivity contribution in [1.82, 2.24) is 10.3 Å². The number of nitriles is 1. The standard InChI is InChI=1S/C21H19FN4OS2.2C2H6/c1-21(2,13-23)16-6-3-14(4-7-16)12-25-19(27)15-5-8-18(17(22)11-15)29-26-20-24-9-10-28-20;2*1-2/h3-11H,12H2,1-2H3,(H,24,26)(H,25,27);2*1-2H3. The maximum absolute atomic E-state index is 14.3. The van der Waals surface area contributed by atoms with E-state index in [0.29, 0.717) is 16.6 Å². The highest BCUT2D eigenvalue weighted by molar-refractivity contribution is 8.00. The van der Waals surface area contributed by atoms with E-state index in [4.69, 9.17) is 0 Å². The molecule has 0 aliphatic heterocycles. The first kappa shape index (κ1) is 28.1. The summed E-state index contributed by atoms with van der Waals surface area (Å²) in [5.74, 6) is -0.829. The summed E-state index contributed by atoms with van der Waals surface area (Å²) >= 11 is 2.53. The molecular weight excluding hydrogens is 455 g/mol. The van der Waals surface area contributed by atoms with E-state index in [0.717, 1.165) is 23.1 Å². The van der Waals surface area contributed by atoms with Crippen molar-refractivity contribution in [3.05, 3.63) is 76.5 Å². The van der Waals surface area contributed by atoms with Crippen molar-refractivity contribution < 1.29 is 9.18 Å². The molecule has 0 saturated heterocycles. The molecule has 0 bridgehead atoms. The van der Waals surface area contributed by atoms with Crippen LogP contribution in [0.2, 0.25) is 0 Å². The number of halogens is 1. The van der Waals surface area contributed by atoms with Crippen molar-refractivity contribution in [2.24, 2.45) is 0 Å². The molecule has 3 aromatic rings. The van der Waals surface area contributed by atoms with Crippen LogP contribution in [0.3, 0.4) is 0 Å². The van der Waals surface area contributed by atoms with Crippen LogP contribution < -0.4 is 10.0 Å². The fourth-order valence-corrected chi connectivity index (χ4v) is 3.72. The number of hydrogen-bond donors (Lipinski definition) is 2. The van der Waals surface area contributed by atoms with Gasteiger partial charge in [-0.2, -0.15) is 5.26 Å². The number of thiazole rings is 1. The van der Waals surface area contributed by atoms with Gasteiger partial charge in [0.05, 0.1) is 16.4 Å². The van der Waals surface area contributed by atoms with Gasteiger partial charge in [-0.05, 0) is 55.1 Å². The summed E-state index contributed by atoms with van der Waals surface area (Å²) in [6, 6.07) is 14.1. The third kappa shape index (κ3) is 8.52. The number of rotatable bonds is 7. The van der Waals surface area contributed by atoms with Crippen molar-refractivity contribution in [1.29, 1.82) is 5.26 Å². The Hall–Kier alpha value is -2.89. The maximum atomic E-state index is 14.3. The molecule has 0 aliphatic carbocycles. The predicted octanol–water partition coefficient (Wildman–Crippen LogP) is 7.18. The summed E-state index contributed by atoms with van der Waals surface area (Å²) in [6.45, 7) is 12.0. The second-order valence-corrected chi connectivity index (χ2v) is 8.55. The van der Waals surface area contributed by atoms with E-state index >= 15 is 0 Å². The van der Waals surface area contributed by atoms with Gasteiger partial charge in [0.2, 0.25) is 0 Å². The van der Waals surface area contributed by atoms with E-state index < -0.39 is 11.2 Å². The van der Waals surface area contributed by atoms with Crippen molar-refractivity contribution in [2.75, 3.05) is 4.72 Å². The fraction of sp³-hybridized carbons (Fsp3) is 0.320. The van der Waals surface area contributed by atoms with E-state index in [9.17, 15) is 14.4 Å². The maximum Gasteiger partial charge on any atom is 0.251 e. The zero-order chi connectivity index (χ0) is 24.9. The Bertz CT molecular complexity index is 1030. The summed E-state index contributed by atoms with van der Waals surface area (Å²) < 4.78 is 17.3. The van der Waals surface area contributed by atoms with Gasteiger partial charge in [0.1, 0.15) is 5.82 Å². The Morgan fingerprint density at radius 2 is 1.82 bits per heavy atom. The number of nitrogens with one attached hydrogen (secondary N) is 2. The van der Waals surface area contributed by atoms with Crippen LogP contribution in [0, 0.1) is 17.1 Å². The van der Waals surface area contributed by atoms with Crippen LogP contribution in [0.1, 0.15) is 63.0 Å². The Balaban J connectivity index is 0.00000129. The lowest BCUT2D eigenvalue weighted by Crippen LogP contribution is -2.23. The summed E-state index contributed by atoms with van der Waals surface area (Å²) in [5, 5.41) is 14.5. The lowest BCUT2D eigenvalue weighted by molar-refractivity contribution is 0.0950. The monoisotopic (exact) mass is 486 g/mol.